The Bertz CT molecular complexity index is 379. The summed E-state index contributed by atoms with van der Waals surface area (Å²) in [4.78, 5) is 17.3. The van der Waals surface area contributed by atoms with Crippen molar-refractivity contribution in [2.45, 2.75) is 18.9 Å². The topological polar surface area (TPSA) is 85.2 Å². The minimum absolute atomic E-state index is 0.237. The van der Waals surface area contributed by atoms with Gasteiger partial charge in [0.1, 0.15) is 11.9 Å². The molecule has 5 nitrogen and oxygen atoms in total. The molecule has 2 rings (SSSR count). The van der Waals surface area contributed by atoms with Crippen LogP contribution in [0, 0.1) is 0 Å². The first kappa shape index (κ1) is 9.76. The number of pyridine rings is 1. The van der Waals surface area contributed by atoms with Crippen molar-refractivity contribution >= 4 is 17.4 Å². The van der Waals surface area contributed by atoms with Crippen LogP contribution in [0.15, 0.2) is 18.3 Å². The Morgan fingerprint density at radius 2 is 2.40 bits per heavy atom. The number of carbonyl (C=O) groups excluding carboxylic acids is 1. The molecule has 0 radical (unpaired) electrons. The van der Waals surface area contributed by atoms with Crippen LogP contribution in [0.5, 0.6) is 0 Å². The van der Waals surface area contributed by atoms with E-state index in [2.05, 4.69) is 4.98 Å². The summed E-state index contributed by atoms with van der Waals surface area (Å²) in [7, 11) is 0. The lowest BCUT2D eigenvalue weighted by Gasteiger charge is -2.23. The van der Waals surface area contributed by atoms with E-state index in [0.29, 0.717) is 5.69 Å². The van der Waals surface area contributed by atoms with E-state index in [1.807, 2.05) is 4.90 Å². The number of anilines is 2. The predicted molar refractivity (Wildman–Crippen MR) is 58.2 cm³/mol. The SMILES string of the molecule is NC(=O)C1CCCN1c1cc(N)ccn1. The van der Waals surface area contributed by atoms with Crippen LogP contribution in [0.4, 0.5) is 11.5 Å². The van der Waals surface area contributed by atoms with Gasteiger partial charge in [-0.2, -0.15) is 0 Å². The molecule has 0 bridgehead atoms. The van der Waals surface area contributed by atoms with Crippen molar-refractivity contribution in [3.05, 3.63) is 18.3 Å². The van der Waals surface area contributed by atoms with Gasteiger partial charge < -0.3 is 16.4 Å². The highest BCUT2D eigenvalue weighted by Gasteiger charge is 2.29. The number of nitrogens with two attached hydrogens (primary N) is 2. The van der Waals surface area contributed by atoms with E-state index >= 15 is 0 Å². The molecule has 0 aromatic carbocycles. The number of hydrogen-bond donors (Lipinski definition) is 2. The van der Waals surface area contributed by atoms with Gasteiger partial charge in [-0.15, -0.1) is 0 Å². The minimum atomic E-state index is -0.295. The molecular formula is C10H14N4O. The van der Waals surface area contributed by atoms with Gasteiger partial charge in [0.25, 0.3) is 0 Å². The number of hydrogen-bond acceptors (Lipinski definition) is 4. The first-order valence-corrected chi connectivity index (χ1v) is 4.96. The number of amides is 1. The fraction of sp³-hybridized carbons (Fsp3) is 0.400. The van der Waals surface area contributed by atoms with Crippen LogP contribution in [-0.4, -0.2) is 23.5 Å². The molecule has 1 amide bonds. The highest BCUT2D eigenvalue weighted by atomic mass is 16.1. The maximum Gasteiger partial charge on any atom is 0.240 e. The summed E-state index contributed by atoms with van der Waals surface area (Å²) < 4.78 is 0. The summed E-state index contributed by atoms with van der Waals surface area (Å²) in [5.41, 5.74) is 11.6. The summed E-state index contributed by atoms with van der Waals surface area (Å²) in [6.45, 7) is 0.810. The van der Waals surface area contributed by atoms with Crippen molar-refractivity contribution in [3.8, 4) is 0 Å². The summed E-state index contributed by atoms with van der Waals surface area (Å²) in [6.07, 6.45) is 3.40. The Kier molecular flexibility index (Phi) is 2.45. The Balaban J connectivity index is 2.26. The second-order valence-electron chi connectivity index (χ2n) is 3.70. The van der Waals surface area contributed by atoms with Crippen LogP contribution >= 0.6 is 0 Å². The summed E-state index contributed by atoms with van der Waals surface area (Å²) >= 11 is 0. The average Bonchev–Trinajstić information content (AvgIpc) is 2.65. The van der Waals surface area contributed by atoms with Gasteiger partial charge >= 0.3 is 0 Å². The molecule has 1 atom stereocenters. The van der Waals surface area contributed by atoms with Gasteiger partial charge in [0, 0.05) is 24.5 Å². The van der Waals surface area contributed by atoms with Gasteiger partial charge in [-0.1, -0.05) is 0 Å². The Hall–Kier alpha value is -1.78. The van der Waals surface area contributed by atoms with Crippen LogP contribution in [0.2, 0.25) is 0 Å². The van der Waals surface area contributed by atoms with Gasteiger partial charge in [-0.3, -0.25) is 4.79 Å². The van der Waals surface area contributed by atoms with E-state index in [1.54, 1.807) is 18.3 Å². The molecule has 4 N–H and O–H groups in total. The van der Waals surface area contributed by atoms with Crippen LogP contribution < -0.4 is 16.4 Å². The Morgan fingerprint density at radius 3 is 3.07 bits per heavy atom. The highest BCUT2D eigenvalue weighted by molar-refractivity contribution is 5.84. The third-order valence-corrected chi connectivity index (χ3v) is 2.65. The number of primary amides is 1. The first-order valence-electron chi connectivity index (χ1n) is 4.96. The molecule has 0 aliphatic carbocycles. The molecule has 1 aliphatic heterocycles. The molecule has 15 heavy (non-hydrogen) atoms. The van der Waals surface area contributed by atoms with Crippen LogP contribution in [0.1, 0.15) is 12.8 Å². The number of nitrogens with zero attached hydrogens (tertiary/aromatic N) is 2. The summed E-state index contributed by atoms with van der Waals surface area (Å²) in [6, 6.07) is 3.25. The number of aromatic nitrogens is 1. The highest BCUT2D eigenvalue weighted by Crippen LogP contribution is 2.24. The van der Waals surface area contributed by atoms with E-state index in [0.717, 1.165) is 25.2 Å². The fourth-order valence-corrected chi connectivity index (χ4v) is 1.93. The summed E-state index contributed by atoms with van der Waals surface area (Å²) in [5.74, 6) is 0.438. The molecule has 1 aromatic rings. The van der Waals surface area contributed by atoms with E-state index in [-0.39, 0.29) is 11.9 Å². The Labute approximate surface area is 88.1 Å². The Morgan fingerprint density at radius 1 is 1.60 bits per heavy atom. The molecule has 2 heterocycles. The largest absolute Gasteiger partial charge is 0.399 e. The minimum Gasteiger partial charge on any atom is -0.399 e. The van der Waals surface area contributed by atoms with Crippen LogP contribution in [-0.2, 0) is 4.79 Å². The number of carbonyl (C=O) groups is 1. The summed E-state index contributed by atoms with van der Waals surface area (Å²) in [5, 5.41) is 0. The molecule has 1 aromatic heterocycles. The lowest BCUT2D eigenvalue weighted by Crippen LogP contribution is -2.40. The van der Waals surface area contributed by atoms with Crippen molar-refractivity contribution in [1.29, 1.82) is 0 Å². The predicted octanol–water partition coefficient (Wildman–Crippen LogP) is 0.118. The second kappa shape index (κ2) is 3.76. The van der Waals surface area contributed by atoms with E-state index in [4.69, 9.17) is 11.5 Å². The fourth-order valence-electron chi connectivity index (χ4n) is 1.93. The van der Waals surface area contributed by atoms with Gasteiger partial charge in [-0.25, -0.2) is 4.98 Å². The molecule has 1 aliphatic rings. The monoisotopic (exact) mass is 206 g/mol. The van der Waals surface area contributed by atoms with Crippen LogP contribution in [0.25, 0.3) is 0 Å². The lowest BCUT2D eigenvalue weighted by atomic mass is 10.2. The van der Waals surface area contributed by atoms with Crippen molar-refractivity contribution < 1.29 is 4.79 Å². The first-order chi connectivity index (χ1) is 7.18. The molecule has 0 spiro atoms. The number of rotatable bonds is 2. The normalized spacial score (nSPS) is 20.5. The smallest absolute Gasteiger partial charge is 0.240 e. The number of nitrogen functional groups attached to an aromatic ring is 1. The van der Waals surface area contributed by atoms with E-state index in [9.17, 15) is 4.79 Å². The van der Waals surface area contributed by atoms with Crippen molar-refractivity contribution in [2.24, 2.45) is 5.73 Å². The van der Waals surface area contributed by atoms with Gasteiger partial charge in [-0.05, 0) is 18.9 Å². The van der Waals surface area contributed by atoms with Gasteiger partial charge in [0.2, 0.25) is 5.91 Å². The van der Waals surface area contributed by atoms with Gasteiger partial charge in [0.05, 0.1) is 0 Å². The zero-order valence-corrected chi connectivity index (χ0v) is 8.39. The van der Waals surface area contributed by atoms with Crippen molar-refractivity contribution in [1.82, 2.24) is 4.98 Å². The average molecular weight is 206 g/mol. The zero-order chi connectivity index (χ0) is 10.8. The molecule has 1 fully saturated rings. The quantitative estimate of drug-likeness (QED) is 0.719. The van der Waals surface area contributed by atoms with Crippen LogP contribution in [0.3, 0.4) is 0 Å². The second-order valence-corrected chi connectivity index (χ2v) is 3.70. The zero-order valence-electron chi connectivity index (χ0n) is 8.39. The van der Waals surface area contributed by atoms with Crippen molar-refractivity contribution in [2.75, 3.05) is 17.2 Å². The molecule has 80 valence electrons. The van der Waals surface area contributed by atoms with Gasteiger partial charge in [0.15, 0.2) is 0 Å². The van der Waals surface area contributed by atoms with E-state index < -0.39 is 0 Å². The molecule has 0 saturated carbocycles. The molecule has 1 unspecified atom stereocenters. The van der Waals surface area contributed by atoms with E-state index in [1.165, 1.54) is 0 Å². The third-order valence-electron chi connectivity index (χ3n) is 2.65. The standard InChI is InChI=1S/C10H14N4O/c11-7-3-4-13-9(6-7)14-5-1-2-8(14)10(12)15/h3-4,6,8H,1-2,5H2,(H2,11,13)(H2,12,15). The maximum atomic E-state index is 11.2. The van der Waals surface area contributed by atoms with Crippen molar-refractivity contribution in [3.63, 3.8) is 0 Å². The maximum absolute atomic E-state index is 11.2. The third kappa shape index (κ3) is 1.86. The lowest BCUT2D eigenvalue weighted by molar-refractivity contribution is -0.119. The molecular weight excluding hydrogens is 192 g/mol. The molecule has 5 heteroatoms. The molecule has 1 saturated heterocycles.